The van der Waals surface area contributed by atoms with Crippen LogP contribution < -0.4 is 15.4 Å². The summed E-state index contributed by atoms with van der Waals surface area (Å²) in [5.74, 6) is 2.48. The fraction of sp³-hybridized carbons (Fsp3) is 0. The number of hydrogen-bond donors (Lipinski definition) is 3. The summed E-state index contributed by atoms with van der Waals surface area (Å²) in [5, 5.41) is 11.1. The second-order valence-electron chi connectivity index (χ2n) is 3.74. The van der Waals surface area contributed by atoms with Crippen molar-refractivity contribution in [3.63, 3.8) is 0 Å². The molecule has 1 aliphatic rings. The lowest BCUT2D eigenvalue weighted by molar-refractivity contribution is 1.26. The van der Waals surface area contributed by atoms with Gasteiger partial charge in [0.1, 0.15) is 0 Å². The standard InChI is InChI=1S/C10H8.C2H4B3N3/c1-2-6-10-8-4-3-7-9(10)5-1;1-2-5-7-3-6-4-8-5/h1-8H;1,6-8H. The van der Waals surface area contributed by atoms with Gasteiger partial charge in [-0.25, -0.2) is 0 Å². The van der Waals surface area contributed by atoms with Crippen LogP contribution in [0.1, 0.15) is 0 Å². The highest BCUT2D eigenvalue weighted by Crippen LogP contribution is 2.11. The highest BCUT2D eigenvalue weighted by Gasteiger charge is 2.14. The first-order valence-corrected chi connectivity index (χ1v) is 5.71. The molecule has 3 rings (SSSR count). The Morgan fingerprint density at radius 3 is 1.67 bits per heavy atom. The second kappa shape index (κ2) is 6.92. The molecule has 2 aromatic carbocycles. The van der Waals surface area contributed by atoms with Gasteiger partial charge in [-0.2, -0.15) is 0 Å². The fourth-order valence-corrected chi connectivity index (χ4v) is 1.58. The average molecular weight is 231 g/mol. The fourth-order valence-electron chi connectivity index (χ4n) is 1.58. The molecule has 0 aromatic heterocycles. The zero-order chi connectivity index (χ0) is 12.6. The van der Waals surface area contributed by atoms with Crippen LogP contribution in [-0.4, -0.2) is 22.1 Å². The largest absolute Gasteiger partial charge is 0.379 e. The van der Waals surface area contributed by atoms with Gasteiger partial charge >= 0.3 is 6.98 Å². The van der Waals surface area contributed by atoms with Gasteiger partial charge in [-0.1, -0.05) is 48.5 Å². The Balaban J connectivity index is 0.000000138. The third-order valence-corrected chi connectivity index (χ3v) is 2.49. The average Bonchev–Trinajstić information content (AvgIpc) is 2.49. The van der Waals surface area contributed by atoms with Crippen molar-refractivity contribution in [2.24, 2.45) is 0 Å². The minimum Gasteiger partial charge on any atom is -0.379 e. The molecule has 84 valence electrons. The number of terminal acetylenes is 1. The summed E-state index contributed by atoms with van der Waals surface area (Å²) in [6, 6.07) is 16.7. The molecule has 0 amide bonds. The Bertz CT molecular complexity index is 470. The summed E-state index contributed by atoms with van der Waals surface area (Å²) in [7, 11) is 3.36. The van der Waals surface area contributed by atoms with Crippen LogP contribution in [0.3, 0.4) is 0 Å². The van der Waals surface area contributed by atoms with Crippen LogP contribution in [0, 0.1) is 12.2 Å². The third-order valence-electron chi connectivity index (χ3n) is 2.49. The number of fused-ring (bicyclic) bond motifs is 1. The molecule has 0 bridgehead atoms. The van der Waals surface area contributed by atoms with E-state index in [1.165, 1.54) is 10.8 Å². The minimum atomic E-state index is -0.0590. The molecule has 0 atom stereocenters. The first-order chi connectivity index (χ1) is 8.90. The van der Waals surface area contributed by atoms with Crippen molar-refractivity contribution >= 4 is 32.9 Å². The van der Waals surface area contributed by atoms with Crippen molar-refractivity contribution in [1.82, 2.24) is 15.4 Å². The highest BCUT2D eigenvalue weighted by molar-refractivity contribution is 6.79. The Hall–Kier alpha value is -1.67. The van der Waals surface area contributed by atoms with Crippen LogP contribution >= 0.6 is 0 Å². The summed E-state index contributed by atoms with van der Waals surface area (Å²) in [5.41, 5.74) is 0. The van der Waals surface area contributed by atoms with E-state index in [0.29, 0.717) is 0 Å². The van der Waals surface area contributed by atoms with Crippen LogP contribution in [0.4, 0.5) is 0 Å². The van der Waals surface area contributed by atoms with Gasteiger partial charge < -0.3 is 15.4 Å². The van der Waals surface area contributed by atoms with Crippen molar-refractivity contribution in [2.45, 2.75) is 0 Å². The van der Waals surface area contributed by atoms with Gasteiger partial charge in [0.15, 0.2) is 0 Å². The Labute approximate surface area is 109 Å². The lowest BCUT2D eigenvalue weighted by atomic mass is 9.67. The van der Waals surface area contributed by atoms with Crippen molar-refractivity contribution in [3.8, 4) is 12.2 Å². The summed E-state index contributed by atoms with van der Waals surface area (Å²) in [6.45, 7) is -0.0590. The third kappa shape index (κ3) is 3.68. The number of rotatable bonds is 0. The topological polar surface area (TPSA) is 36.1 Å². The van der Waals surface area contributed by atoms with Crippen molar-refractivity contribution in [1.29, 1.82) is 0 Å². The molecular weight excluding hydrogens is 219 g/mol. The van der Waals surface area contributed by atoms with Crippen molar-refractivity contribution in [3.05, 3.63) is 48.5 Å². The van der Waals surface area contributed by atoms with Crippen LogP contribution in [0.5, 0.6) is 0 Å². The maximum absolute atomic E-state index is 5.06. The zero-order valence-electron chi connectivity index (χ0n) is 9.93. The molecule has 1 saturated heterocycles. The molecule has 3 nitrogen and oxygen atoms in total. The molecule has 0 saturated carbocycles. The van der Waals surface area contributed by atoms with Gasteiger partial charge in [-0.15, -0.1) is 12.2 Å². The van der Waals surface area contributed by atoms with Gasteiger partial charge in [0.2, 0.25) is 0 Å². The molecule has 2 aromatic rings. The number of hydrogen-bond acceptors (Lipinski definition) is 3. The van der Waals surface area contributed by atoms with E-state index < -0.39 is 0 Å². The Kier molecular flexibility index (Phi) is 4.92. The van der Waals surface area contributed by atoms with Crippen LogP contribution in [0.15, 0.2) is 48.5 Å². The van der Waals surface area contributed by atoms with E-state index in [-0.39, 0.29) is 6.98 Å². The SMILES string of the molecule is C#CB1N[B]N[B]N1.c1ccc2ccccc2c1. The van der Waals surface area contributed by atoms with E-state index in [9.17, 15) is 0 Å². The molecule has 6 heteroatoms. The van der Waals surface area contributed by atoms with Crippen molar-refractivity contribution in [2.75, 3.05) is 0 Å². The molecule has 0 aliphatic carbocycles. The summed E-state index contributed by atoms with van der Waals surface area (Å²) < 4.78 is 0. The molecule has 1 fully saturated rings. The number of nitrogens with one attached hydrogen (secondary N) is 3. The lowest BCUT2D eigenvalue weighted by Gasteiger charge is -2.14. The monoisotopic (exact) mass is 231 g/mol. The van der Waals surface area contributed by atoms with E-state index in [1.54, 1.807) is 15.1 Å². The van der Waals surface area contributed by atoms with Gasteiger partial charge in [0.25, 0.3) is 15.1 Å². The van der Waals surface area contributed by atoms with E-state index in [0.717, 1.165) is 0 Å². The predicted octanol–water partition coefficient (Wildman–Crippen LogP) is 0.338. The summed E-state index contributed by atoms with van der Waals surface area (Å²) >= 11 is 0. The van der Waals surface area contributed by atoms with Crippen LogP contribution in [0.2, 0.25) is 0 Å². The molecule has 3 N–H and O–H groups in total. The van der Waals surface area contributed by atoms with Crippen LogP contribution in [0.25, 0.3) is 10.8 Å². The normalized spacial score (nSPS) is 13.6. The van der Waals surface area contributed by atoms with Gasteiger partial charge in [0.05, 0.1) is 0 Å². The molecule has 18 heavy (non-hydrogen) atoms. The van der Waals surface area contributed by atoms with E-state index in [4.69, 9.17) is 6.42 Å². The zero-order valence-corrected chi connectivity index (χ0v) is 9.93. The second-order valence-corrected chi connectivity index (χ2v) is 3.74. The first-order valence-electron chi connectivity index (χ1n) is 5.71. The van der Waals surface area contributed by atoms with Crippen molar-refractivity contribution < 1.29 is 0 Å². The molecular formula is C12H12B3N3. The highest BCUT2D eigenvalue weighted by atomic mass is 15.0. The van der Waals surface area contributed by atoms with E-state index in [1.807, 2.05) is 0 Å². The number of benzene rings is 2. The quantitative estimate of drug-likeness (QED) is 0.451. The maximum Gasteiger partial charge on any atom is 0.372 e. The van der Waals surface area contributed by atoms with Gasteiger partial charge in [0, 0.05) is 0 Å². The lowest BCUT2D eigenvalue weighted by Crippen LogP contribution is -2.62. The molecule has 0 spiro atoms. The van der Waals surface area contributed by atoms with Gasteiger partial charge in [-0.3, -0.25) is 0 Å². The smallest absolute Gasteiger partial charge is 0.372 e. The summed E-state index contributed by atoms with van der Waals surface area (Å²) in [6.07, 6.45) is 5.06. The molecule has 2 radical (unpaired) electrons. The van der Waals surface area contributed by atoms with E-state index in [2.05, 4.69) is 69.8 Å². The molecule has 1 aliphatic heterocycles. The summed E-state index contributed by atoms with van der Waals surface area (Å²) in [4.78, 5) is 0. The molecule has 0 unspecified atom stereocenters. The van der Waals surface area contributed by atoms with E-state index >= 15 is 0 Å². The van der Waals surface area contributed by atoms with Crippen LogP contribution in [-0.2, 0) is 0 Å². The Morgan fingerprint density at radius 2 is 1.33 bits per heavy atom. The van der Waals surface area contributed by atoms with Gasteiger partial charge in [-0.05, 0) is 10.8 Å². The Morgan fingerprint density at radius 1 is 0.889 bits per heavy atom. The minimum absolute atomic E-state index is 0.0590. The maximum atomic E-state index is 5.06. The predicted molar refractivity (Wildman–Crippen MR) is 79.5 cm³/mol. The molecule has 1 heterocycles. The first kappa shape index (κ1) is 12.8.